The van der Waals surface area contributed by atoms with Crippen LogP contribution >= 0.6 is 0 Å². The van der Waals surface area contributed by atoms with Crippen LogP contribution in [-0.2, 0) is 19.9 Å². The topological polar surface area (TPSA) is 101 Å². The molecular formula is C25H25N4O4+. The number of rotatable bonds is 5. The lowest BCUT2D eigenvalue weighted by Crippen LogP contribution is -2.48. The summed E-state index contributed by atoms with van der Waals surface area (Å²) in [6, 6.07) is 14.7. The molecule has 2 unspecified atom stereocenters. The molecule has 1 fully saturated rings. The first-order chi connectivity index (χ1) is 15.9. The van der Waals surface area contributed by atoms with Crippen molar-refractivity contribution < 1.29 is 23.9 Å². The van der Waals surface area contributed by atoms with E-state index in [0.717, 1.165) is 11.1 Å². The molecule has 2 aromatic carbocycles. The van der Waals surface area contributed by atoms with Gasteiger partial charge in [-0.3, -0.25) is 9.78 Å². The Morgan fingerprint density at radius 1 is 1.12 bits per heavy atom. The lowest BCUT2D eigenvalue weighted by Gasteiger charge is -2.29. The molecule has 5 rings (SSSR count). The van der Waals surface area contributed by atoms with Crippen LogP contribution in [0, 0.1) is 0 Å². The van der Waals surface area contributed by atoms with E-state index < -0.39 is 17.7 Å². The van der Waals surface area contributed by atoms with Crippen LogP contribution in [0.3, 0.4) is 0 Å². The number of hydrogen-bond donors (Lipinski definition) is 2. The monoisotopic (exact) mass is 445 g/mol. The number of benzene rings is 2. The van der Waals surface area contributed by atoms with E-state index >= 15 is 0 Å². The number of carbonyl (C=O) groups is 2. The van der Waals surface area contributed by atoms with Gasteiger partial charge in [0.05, 0.1) is 19.8 Å². The van der Waals surface area contributed by atoms with Gasteiger partial charge in [-0.15, -0.1) is 0 Å². The van der Waals surface area contributed by atoms with Crippen LogP contribution in [0.4, 0.5) is 5.82 Å². The van der Waals surface area contributed by atoms with Crippen molar-refractivity contribution in [2.75, 3.05) is 32.0 Å². The minimum atomic E-state index is -1.84. The summed E-state index contributed by atoms with van der Waals surface area (Å²) >= 11 is 0. The van der Waals surface area contributed by atoms with E-state index in [1.165, 1.54) is 18.6 Å². The molecule has 1 saturated heterocycles. The van der Waals surface area contributed by atoms with Gasteiger partial charge in [0.1, 0.15) is 6.54 Å². The molecule has 8 nitrogen and oxygen atoms in total. The molecular weight excluding hydrogens is 420 g/mol. The van der Waals surface area contributed by atoms with E-state index in [9.17, 15) is 14.7 Å². The van der Waals surface area contributed by atoms with Gasteiger partial charge in [0, 0.05) is 29.9 Å². The Labute approximate surface area is 191 Å². The highest BCUT2D eigenvalue weighted by molar-refractivity contribution is 5.96. The van der Waals surface area contributed by atoms with Crippen LogP contribution in [0.5, 0.6) is 0 Å². The third kappa shape index (κ3) is 3.77. The van der Waals surface area contributed by atoms with Gasteiger partial charge in [-0.25, -0.2) is 9.78 Å². The van der Waals surface area contributed by atoms with Crippen LogP contribution in [0.2, 0.25) is 0 Å². The van der Waals surface area contributed by atoms with Crippen molar-refractivity contribution >= 4 is 17.7 Å². The fourth-order valence-electron chi connectivity index (χ4n) is 4.93. The van der Waals surface area contributed by atoms with Crippen LogP contribution in [0.25, 0.3) is 11.1 Å². The van der Waals surface area contributed by atoms with Gasteiger partial charge in [-0.1, -0.05) is 48.5 Å². The predicted molar refractivity (Wildman–Crippen MR) is 121 cm³/mol. The molecule has 2 heterocycles. The largest absolute Gasteiger partial charge is 0.453 e. The van der Waals surface area contributed by atoms with Crippen molar-refractivity contribution in [2.45, 2.75) is 18.1 Å². The van der Waals surface area contributed by atoms with Gasteiger partial charge in [0.15, 0.2) is 18.5 Å². The second-order valence-electron chi connectivity index (χ2n) is 8.94. The van der Waals surface area contributed by atoms with Crippen molar-refractivity contribution in [3.63, 3.8) is 0 Å². The SMILES string of the molecule is C[N+]1(CC(=O)Nc2cnccn2)CCC(OC(=O)C2(O)c3ccccc3-c3ccccc32)C1. The van der Waals surface area contributed by atoms with E-state index in [1.54, 1.807) is 12.1 Å². The minimum Gasteiger partial charge on any atom is -0.453 e. The van der Waals surface area contributed by atoms with E-state index in [0.29, 0.717) is 40.9 Å². The van der Waals surface area contributed by atoms with E-state index in [4.69, 9.17) is 4.74 Å². The molecule has 3 aromatic rings. The first kappa shape index (κ1) is 21.2. The second kappa shape index (κ2) is 8.06. The van der Waals surface area contributed by atoms with Crippen LogP contribution in [-0.4, -0.2) is 64.2 Å². The van der Waals surface area contributed by atoms with Crippen molar-refractivity contribution in [3.05, 3.63) is 78.2 Å². The lowest BCUT2D eigenvalue weighted by molar-refractivity contribution is -0.890. The zero-order valence-corrected chi connectivity index (χ0v) is 18.3. The second-order valence-corrected chi connectivity index (χ2v) is 8.94. The fourth-order valence-corrected chi connectivity index (χ4v) is 4.93. The van der Waals surface area contributed by atoms with Crippen molar-refractivity contribution in [1.29, 1.82) is 0 Å². The molecule has 33 heavy (non-hydrogen) atoms. The molecule has 1 aliphatic heterocycles. The summed E-state index contributed by atoms with van der Waals surface area (Å²) in [6.45, 7) is 1.39. The smallest absolute Gasteiger partial charge is 0.348 e. The first-order valence-electron chi connectivity index (χ1n) is 10.9. The Balaban J connectivity index is 1.29. The van der Waals surface area contributed by atoms with E-state index in [2.05, 4.69) is 15.3 Å². The number of amides is 1. The van der Waals surface area contributed by atoms with E-state index in [-0.39, 0.29) is 12.5 Å². The number of carbonyl (C=O) groups excluding carboxylic acids is 2. The third-order valence-electron chi connectivity index (χ3n) is 6.48. The van der Waals surface area contributed by atoms with Gasteiger partial charge in [-0.2, -0.15) is 0 Å². The highest BCUT2D eigenvalue weighted by Crippen LogP contribution is 2.48. The maximum atomic E-state index is 13.3. The first-order valence-corrected chi connectivity index (χ1v) is 10.9. The molecule has 1 aliphatic carbocycles. The highest BCUT2D eigenvalue weighted by atomic mass is 16.6. The molecule has 1 aromatic heterocycles. The Morgan fingerprint density at radius 2 is 1.79 bits per heavy atom. The van der Waals surface area contributed by atoms with Gasteiger partial charge in [0.2, 0.25) is 5.60 Å². The lowest BCUT2D eigenvalue weighted by atomic mass is 9.91. The van der Waals surface area contributed by atoms with Gasteiger partial charge in [-0.05, 0) is 11.1 Å². The zero-order chi connectivity index (χ0) is 23.1. The molecule has 0 spiro atoms. The van der Waals surface area contributed by atoms with Crippen LogP contribution in [0.1, 0.15) is 17.5 Å². The van der Waals surface area contributed by atoms with Gasteiger partial charge >= 0.3 is 5.97 Å². The predicted octanol–water partition coefficient (Wildman–Crippen LogP) is 2.09. The molecule has 2 atom stereocenters. The third-order valence-corrected chi connectivity index (χ3v) is 6.48. The Kier molecular flexibility index (Phi) is 5.19. The summed E-state index contributed by atoms with van der Waals surface area (Å²) in [5, 5.41) is 14.4. The molecule has 1 amide bonds. The molecule has 168 valence electrons. The quantitative estimate of drug-likeness (QED) is 0.461. The Bertz CT molecular complexity index is 1170. The number of esters is 1. The number of fused-ring (bicyclic) bond motifs is 3. The summed E-state index contributed by atoms with van der Waals surface area (Å²) in [5.41, 5.74) is 0.896. The number of aromatic nitrogens is 2. The summed E-state index contributed by atoms with van der Waals surface area (Å²) in [6.07, 6.45) is 4.76. The average molecular weight is 445 g/mol. The van der Waals surface area contributed by atoms with Crippen molar-refractivity contribution in [3.8, 4) is 11.1 Å². The van der Waals surface area contributed by atoms with E-state index in [1.807, 2.05) is 43.4 Å². The number of anilines is 1. The Hall–Kier alpha value is -3.62. The number of likely N-dealkylation sites (N-methyl/N-ethyl adjacent to an activating group) is 1. The number of ether oxygens (including phenoxy) is 1. The van der Waals surface area contributed by atoms with Crippen molar-refractivity contribution in [1.82, 2.24) is 9.97 Å². The van der Waals surface area contributed by atoms with Gasteiger partial charge in [0.25, 0.3) is 5.91 Å². The summed E-state index contributed by atoms with van der Waals surface area (Å²) in [5.74, 6) is -0.457. The normalized spacial score (nSPS) is 22.3. The zero-order valence-electron chi connectivity index (χ0n) is 18.3. The number of nitrogens with zero attached hydrogens (tertiary/aromatic N) is 3. The maximum absolute atomic E-state index is 13.3. The van der Waals surface area contributed by atoms with Crippen molar-refractivity contribution in [2.24, 2.45) is 0 Å². The molecule has 8 heteroatoms. The fraction of sp³-hybridized carbons (Fsp3) is 0.280. The Morgan fingerprint density at radius 3 is 2.42 bits per heavy atom. The molecule has 2 aliphatic rings. The molecule has 0 radical (unpaired) electrons. The number of likely N-dealkylation sites (tertiary alicyclic amines) is 1. The summed E-state index contributed by atoms with van der Waals surface area (Å²) in [7, 11) is 1.96. The number of aliphatic hydroxyl groups is 1. The maximum Gasteiger partial charge on any atom is 0.348 e. The molecule has 0 saturated carbocycles. The average Bonchev–Trinajstić information content (AvgIpc) is 3.30. The number of quaternary nitrogens is 1. The number of hydrogen-bond acceptors (Lipinski definition) is 6. The van der Waals surface area contributed by atoms with Crippen LogP contribution in [0.15, 0.2) is 67.1 Å². The summed E-state index contributed by atoms with van der Waals surface area (Å²) in [4.78, 5) is 33.8. The van der Waals surface area contributed by atoms with Gasteiger partial charge < -0.3 is 19.6 Å². The molecule has 2 N–H and O–H groups in total. The minimum absolute atomic E-state index is 0.178. The standard InChI is InChI=1S/C25H24N4O4/c1-29(16-23(30)28-22-14-26-11-12-27-22)13-10-17(15-29)33-24(31)25(32)20-8-4-2-6-18(20)19-7-3-5-9-21(19)25/h2-9,11-12,14,17,32H,10,13,15-16H2,1H3/p+1. The number of nitrogens with one attached hydrogen (secondary N) is 1. The van der Waals surface area contributed by atoms with Crippen LogP contribution < -0.4 is 5.32 Å². The summed E-state index contributed by atoms with van der Waals surface area (Å²) < 4.78 is 6.27. The highest BCUT2D eigenvalue weighted by Gasteiger charge is 2.51. The molecule has 0 bridgehead atoms.